The Morgan fingerprint density at radius 2 is 2.25 bits per heavy atom. The van der Waals surface area contributed by atoms with Crippen molar-refractivity contribution < 1.29 is 9.84 Å². The van der Waals surface area contributed by atoms with E-state index in [1.54, 1.807) is 6.07 Å². The van der Waals surface area contributed by atoms with E-state index >= 15 is 0 Å². The zero-order chi connectivity index (χ0) is 11.1. The van der Waals surface area contributed by atoms with Crippen molar-refractivity contribution in [1.82, 2.24) is 0 Å². The van der Waals surface area contributed by atoms with Crippen LogP contribution in [-0.4, -0.2) is 36.4 Å². The molecule has 3 atom stereocenters. The number of morpholine rings is 1. The minimum Gasteiger partial charge on any atom is -0.506 e. The summed E-state index contributed by atoms with van der Waals surface area (Å²) in [6.07, 6.45) is 1.26. The van der Waals surface area contributed by atoms with Gasteiger partial charge in [0, 0.05) is 6.54 Å². The van der Waals surface area contributed by atoms with Crippen molar-refractivity contribution in [1.29, 1.82) is 0 Å². The summed E-state index contributed by atoms with van der Waals surface area (Å²) in [6.45, 7) is 1.31. The molecule has 0 aliphatic carbocycles. The average Bonchev–Trinajstić information content (AvgIpc) is 2.89. The Morgan fingerprint density at radius 1 is 1.44 bits per heavy atom. The number of rotatable bonds is 2. The zero-order valence-electron chi connectivity index (χ0n) is 9.04. The second-order valence-electron chi connectivity index (χ2n) is 4.46. The van der Waals surface area contributed by atoms with E-state index in [0.29, 0.717) is 18.3 Å². The van der Waals surface area contributed by atoms with Crippen LogP contribution < -0.4 is 10.6 Å². The van der Waals surface area contributed by atoms with Crippen LogP contribution in [0.2, 0.25) is 0 Å². The lowest BCUT2D eigenvalue weighted by Gasteiger charge is -2.36. The molecule has 1 aromatic carbocycles. The number of benzene rings is 1. The highest BCUT2D eigenvalue weighted by Gasteiger charge is 2.46. The van der Waals surface area contributed by atoms with Crippen molar-refractivity contribution in [2.24, 2.45) is 5.73 Å². The van der Waals surface area contributed by atoms with Crippen molar-refractivity contribution >= 4 is 5.69 Å². The van der Waals surface area contributed by atoms with E-state index in [2.05, 4.69) is 4.90 Å². The monoisotopic (exact) mass is 220 g/mol. The first-order valence-corrected chi connectivity index (χ1v) is 5.69. The van der Waals surface area contributed by atoms with E-state index in [4.69, 9.17) is 10.5 Å². The Bertz CT molecular complexity index is 396. The Kier molecular flexibility index (Phi) is 2.26. The van der Waals surface area contributed by atoms with Crippen LogP contribution in [0.15, 0.2) is 24.3 Å². The summed E-state index contributed by atoms with van der Waals surface area (Å²) in [5.74, 6) is 0.327. The van der Waals surface area contributed by atoms with Gasteiger partial charge in [-0.3, -0.25) is 0 Å². The first-order valence-electron chi connectivity index (χ1n) is 5.69. The van der Waals surface area contributed by atoms with Gasteiger partial charge < -0.3 is 20.5 Å². The largest absolute Gasteiger partial charge is 0.506 e. The highest BCUT2D eigenvalue weighted by molar-refractivity contribution is 5.60. The molecule has 3 rings (SSSR count). The number of hydrogen-bond donors (Lipinski definition) is 2. The average molecular weight is 220 g/mol. The van der Waals surface area contributed by atoms with Crippen LogP contribution in [0.5, 0.6) is 5.75 Å². The molecule has 1 aromatic rings. The zero-order valence-corrected chi connectivity index (χ0v) is 9.04. The molecule has 16 heavy (non-hydrogen) atoms. The van der Waals surface area contributed by atoms with Crippen LogP contribution >= 0.6 is 0 Å². The molecule has 0 spiro atoms. The number of phenolic OH excluding ortho intramolecular Hbond substituents is 1. The molecule has 4 nitrogen and oxygen atoms in total. The lowest BCUT2D eigenvalue weighted by Crippen LogP contribution is -2.49. The minimum absolute atomic E-state index is 0.201. The Balaban J connectivity index is 1.97. The molecule has 3 N–H and O–H groups in total. The van der Waals surface area contributed by atoms with Crippen molar-refractivity contribution in [2.45, 2.75) is 24.6 Å². The topological polar surface area (TPSA) is 58.7 Å². The number of aromatic hydroxyl groups is 1. The van der Waals surface area contributed by atoms with E-state index in [9.17, 15) is 5.11 Å². The molecule has 4 heteroatoms. The predicted molar refractivity (Wildman–Crippen MR) is 61.6 cm³/mol. The number of anilines is 1. The molecule has 2 aliphatic heterocycles. The molecule has 2 aliphatic rings. The summed E-state index contributed by atoms with van der Waals surface area (Å²) in [6, 6.07) is 8.00. The molecular formula is C12H16N2O2. The molecule has 0 radical (unpaired) electrons. The van der Waals surface area contributed by atoms with Gasteiger partial charge in [-0.1, -0.05) is 12.1 Å². The maximum Gasteiger partial charge on any atom is 0.138 e. The van der Waals surface area contributed by atoms with Crippen LogP contribution in [0.3, 0.4) is 0 Å². The van der Waals surface area contributed by atoms with Crippen LogP contribution in [-0.2, 0) is 4.74 Å². The predicted octanol–water partition coefficient (Wildman–Crippen LogP) is 0.697. The second kappa shape index (κ2) is 3.64. The minimum atomic E-state index is 0.201. The fourth-order valence-corrected chi connectivity index (χ4v) is 2.87. The maximum atomic E-state index is 9.89. The molecule has 2 fully saturated rings. The van der Waals surface area contributed by atoms with Crippen molar-refractivity contribution in [3.63, 3.8) is 0 Å². The number of ether oxygens (including phenoxy) is 1. The molecule has 3 unspecified atom stereocenters. The molecule has 0 aromatic heterocycles. The number of nitrogens with two attached hydrogens (primary N) is 1. The summed E-state index contributed by atoms with van der Waals surface area (Å²) in [5.41, 5.74) is 6.68. The summed E-state index contributed by atoms with van der Waals surface area (Å²) in [4.78, 5) is 2.23. The van der Waals surface area contributed by atoms with Gasteiger partial charge in [0.1, 0.15) is 5.75 Å². The van der Waals surface area contributed by atoms with Crippen LogP contribution in [0, 0.1) is 0 Å². The highest BCUT2D eigenvalue weighted by Crippen LogP contribution is 2.40. The van der Waals surface area contributed by atoms with Crippen LogP contribution in [0.1, 0.15) is 6.42 Å². The summed E-state index contributed by atoms with van der Waals surface area (Å²) < 4.78 is 5.64. The third kappa shape index (κ3) is 1.30. The number of nitrogens with zero attached hydrogens (tertiary/aromatic N) is 1. The first-order chi connectivity index (χ1) is 7.81. The molecule has 86 valence electrons. The van der Waals surface area contributed by atoms with Gasteiger partial charge in [0.25, 0.3) is 0 Å². The fourth-order valence-electron chi connectivity index (χ4n) is 2.87. The van der Waals surface area contributed by atoms with E-state index in [0.717, 1.165) is 18.7 Å². The smallest absolute Gasteiger partial charge is 0.138 e. The maximum absolute atomic E-state index is 9.89. The Morgan fingerprint density at radius 3 is 3.00 bits per heavy atom. The van der Waals surface area contributed by atoms with Gasteiger partial charge in [0.05, 0.1) is 30.5 Å². The molecule has 2 bridgehead atoms. The number of fused-ring (bicyclic) bond motifs is 2. The van der Waals surface area contributed by atoms with Crippen molar-refractivity contribution in [3.8, 4) is 5.75 Å². The van der Waals surface area contributed by atoms with E-state index in [1.165, 1.54) is 0 Å². The van der Waals surface area contributed by atoms with Gasteiger partial charge in [0.15, 0.2) is 0 Å². The van der Waals surface area contributed by atoms with Gasteiger partial charge in [-0.2, -0.15) is 0 Å². The van der Waals surface area contributed by atoms with Crippen LogP contribution in [0.4, 0.5) is 5.69 Å². The van der Waals surface area contributed by atoms with Gasteiger partial charge >= 0.3 is 0 Å². The second-order valence-corrected chi connectivity index (χ2v) is 4.46. The molecule has 2 heterocycles. The molecule has 0 saturated carbocycles. The standard InChI is InChI=1S/C12H16N2O2/c13-6-10-12-5-8(7-16-12)14(10)9-3-1-2-4-11(9)15/h1-4,8,10,12,15H,5-7,13H2. The number of phenols is 1. The van der Waals surface area contributed by atoms with E-state index in [1.807, 2.05) is 18.2 Å². The van der Waals surface area contributed by atoms with Gasteiger partial charge in [-0.25, -0.2) is 0 Å². The quantitative estimate of drug-likeness (QED) is 0.770. The van der Waals surface area contributed by atoms with Gasteiger partial charge in [-0.05, 0) is 18.6 Å². The Labute approximate surface area is 94.6 Å². The molecule has 0 amide bonds. The van der Waals surface area contributed by atoms with E-state index in [-0.39, 0.29) is 12.1 Å². The first kappa shape index (κ1) is 9.93. The summed E-state index contributed by atoms with van der Waals surface area (Å²) >= 11 is 0. The third-order valence-corrected chi connectivity index (χ3v) is 3.59. The molecule has 2 saturated heterocycles. The van der Waals surface area contributed by atoms with Crippen molar-refractivity contribution in [3.05, 3.63) is 24.3 Å². The highest BCUT2D eigenvalue weighted by atomic mass is 16.5. The Hall–Kier alpha value is -1.26. The lowest BCUT2D eigenvalue weighted by molar-refractivity contribution is 0.0719. The third-order valence-electron chi connectivity index (χ3n) is 3.59. The SMILES string of the molecule is NCC1C2CC(CO2)N1c1ccccc1O. The summed E-state index contributed by atoms with van der Waals surface area (Å²) in [7, 11) is 0. The van der Waals surface area contributed by atoms with Gasteiger partial charge in [0.2, 0.25) is 0 Å². The lowest BCUT2D eigenvalue weighted by atomic mass is 10.1. The van der Waals surface area contributed by atoms with Gasteiger partial charge in [-0.15, -0.1) is 0 Å². The number of para-hydroxylation sites is 2. The van der Waals surface area contributed by atoms with Crippen LogP contribution in [0.25, 0.3) is 0 Å². The van der Waals surface area contributed by atoms with Crippen molar-refractivity contribution in [2.75, 3.05) is 18.1 Å². The normalized spacial score (nSPS) is 32.3. The summed E-state index contributed by atoms with van der Waals surface area (Å²) in [5, 5.41) is 9.89. The van der Waals surface area contributed by atoms with E-state index < -0.39 is 0 Å². The molecular weight excluding hydrogens is 204 g/mol. The number of hydrogen-bond acceptors (Lipinski definition) is 4. The fraction of sp³-hybridized carbons (Fsp3) is 0.500.